The Morgan fingerprint density at radius 3 is 3.04 bits per heavy atom. The van der Waals surface area contributed by atoms with Gasteiger partial charge in [-0.25, -0.2) is 15.0 Å². The average Bonchev–Trinajstić information content (AvgIpc) is 3.26. The van der Waals surface area contributed by atoms with E-state index in [0.29, 0.717) is 19.2 Å². The van der Waals surface area contributed by atoms with Gasteiger partial charge in [0.15, 0.2) is 0 Å². The quantitative estimate of drug-likeness (QED) is 0.604. The molecule has 136 valence electrons. The van der Waals surface area contributed by atoms with Crippen LogP contribution in [0.5, 0.6) is 0 Å². The van der Waals surface area contributed by atoms with Gasteiger partial charge in [0.25, 0.3) is 0 Å². The van der Waals surface area contributed by atoms with E-state index in [0.717, 1.165) is 40.0 Å². The molecule has 5 heterocycles. The Balaban J connectivity index is 1.57. The molecule has 0 fully saturated rings. The van der Waals surface area contributed by atoms with Gasteiger partial charge in [-0.05, 0) is 30.5 Å². The van der Waals surface area contributed by atoms with Gasteiger partial charge in [0, 0.05) is 25.6 Å². The number of nitrogens with one attached hydrogen (secondary N) is 1. The second-order valence-corrected chi connectivity index (χ2v) is 6.64. The van der Waals surface area contributed by atoms with Gasteiger partial charge in [0.2, 0.25) is 5.95 Å². The molecule has 0 saturated heterocycles. The molecule has 1 aliphatic rings. The molecular formula is C19H19N7O. The molecule has 5 rings (SSSR count). The van der Waals surface area contributed by atoms with E-state index in [-0.39, 0.29) is 0 Å². The maximum Gasteiger partial charge on any atom is 0.227 e. The van der Waals surface area contributed by atoms with E-state index in [9.17, 15) is 0 Å². The molecule has 1 N–H and O–H groups in total. The fourth-order valence-corrected chi connectivity index (χ4v) is 3.37. The van der Waals surface area contributed by atoms with Crippen LogP contribution in [0.4, 0.5) is 11.6 Å². The molecule has 0 atom stereocenters. The number of rotatable bonds is 3. The van der Waals surface area contributed by atoms with Crippen molar-refractivity contribution in [1.29, 1.82) is 0 Å². The molecule has 1 aliphatic heterocycles. The average molecular weight is 361 g/mol. The minimum atomic E-state index is 0.548. The second kappa shape index (κ2) is 6.17. The molecule has 27 heavy (non-hydrogen) atoms. The Hall–Kier alpha value is -3.26. The predicted molar refractivity (Wildman–Crippen MR) is 103 cm³/mol. The van der Waals surface area contributed by atoms with Crippen LogP contribution in [0.15, 0.2) is 36.9 Å². The summed E-state index contributed by atoms with van der Waals surface area (Å²) in [6.45, 7) is 3.37. The van der Waals surface area contributed by atoms with Crippen LogP contribution in [0.1, 0.15) is 17.7 Å². The van der Waals surface area contributed by atoms with Gasteiger partial charge >= 0.3 is 0 Å². The first kappa shape index (κ1) is 16.0. The van der Waals surface area contributed by atoms with E-state index in [2.05, 4.69) is 26.5 Å². The van der Waals surface area contributed by atoms with Crippen LogP contribution < -0.4 is 5.32 Å². The highest BCUT2D eigenvalue weighted by Gasteiger charge is 2.17. The van der Waals surface area contributed by atoms with Crippen molar-refractivity contribution in [3.05, 3.63) is 48.2 Å². The van der Waals surface area contributed by atoms with E-state index in [1.165, 1.54) is 5.57 Å². The summed E-state index contributed by atoms with van der Waals surface area (Å²) in [7, 11) is 1.92. The molecule has 4 aromatic heterocycles. The number of nitrogens with zero attached hydrogens (tertiary/aromatic N) is 6. The van der Waals surface area contributed by atoms with E-state index in [1.54, 1.807) is 6.20 Å². The lowest BCUT2D eigenvalue weighted by molar-refractivity contribution is 0.161. The fourth-order valence-electron chi connectivity index (χ4n) is 3.37. The Morgan fingerprint density at radius 1 is 1.26 bits per heavy atom. The van der Waals surface area contributed by atoms with Crippen LogP contribution in [0, 0.1) is 6.92 Å². The number of anilines is 2. The molecule has 0 bridgehead atoms. The molecule has 0 unspecified atom stereocenters. The summed E-state index contributed by atoms with van der Waals surface area (Å²) in [6.07, 6.45) is 10.4. The maximum absolute atomic E-state index is 5.42. The van der Waals surface area contributed by atoms with Crippen LogP contribution in [0.25, 0.3) is 22.3 Å². The van der Waals surface area contributed by atoms with Crippen LogP contribution in [-0.4, -0.2) is 42.3 Å². The zero-order valence-corrected chi connectivity index (χ0v) is 15.2. The molecule has 0 saturated carbocycles. The fraction of sp³-hybridized carbons (Fsp3) is 0.263. The number of hydrogen-bond acceptors (Lipinski definition) is 6. The molecule has 0 aromatic carbocycles. The third-order valence-electron chi connectivity index (χ3n) is 4.84. The summed E-state index contributed by atoms with van der Waals surface area (Å²) in [6, 6.07) is 2.03. The SMILES string of the molecule is Cc1cc2nccn2cc1Nc1ncc2c(n1)c(C1=CCOCC1)nn2C. The summed E-state index contributed by atoms with van der Waals surface area (Å²) < 4.78 is 9.22. The number of hydrogen-bond donors (Lipinski definition) is 1. The van der Waals surface area contributed by atoms with Gasteiger partial charge in [-0.15, -0.1) is 0 Å². The highest BCUT2D eigenvalue weighted by atomic mass is 16.5. The number of imidazole rings is 1. The summed E-state index contributed by atoms with van der Waals surface area (Å²) >= 11 is 0. The first-order valence-corrected chi connectivity index (χ1v) is 8.86. The van der Waals surface area contributed by atoms with Crippen molar-refractivity contribution in [1.82, 2.24) is 29.1 Å². The minimum Gasteiger partial charge on any atom is -0.377 e. The molecule has 8 heteroatoms. The lowest BCUT2D eigenvalue weighted by Gasteiger charge is -2.12. The van der Waals surface area contributed by atoms with Crippen molar-refractivity contribution in [2.75, 3.05) is 18.5 Å². The number of aryl methyl sites for hydroxylation is 2. The van der Waals surface area contributed by atoms with E-state index < -0.39 is 0 Å². The lowest BCUT2D eigenvalue weighted by Crippen LogP contribution is -2.05. The number of ether oxygens (including phenoxy) is 1. The summed E-state index contributed by atoms with van der Waals surface area (Å²) in [5.74, 6) is 0.548. The van der Waals surface area contributed by atoms with E-state index in [4.69, 9.17) is 9.72 Å². The first-order valence-electron chi connectivity index (χ1n) is 8.86. The number of aromatic nitrogens is 6. The standard InChI is InChI=1S/C19H19N7O/c1-12-9-16-20-5-6-26(16)11-14(12)22-19-21-10-15-18(23-19)17(24-25(15)2)13-3-7-27-8-4-13/h3,5-6,9-11H,4,7-8H2,1-2H3,(H,21,22,23). The van der Waals surface area contributed by atoms with Crippen molar-refractivity contribution >= 4 is 33.9 Å². The largest absolute Gasteiger partial charge is 0.377 e. The number of pyridine rings is 1. The molecular weight excluding hydrogens is 342 g/mol. The highest BCUT2D eigenvalue weighted by molar-refractivity contribution is 5.88. The van der Waals surface area contributed by atoms with Crippen LogP contribution >= 0.6 is 0 Å². The number of fused-ring (bicyclic) bond motifs is 2. The molecule has 0 amide bonds. The zero-order chi connectivity index (χ0) is 18.4. The Morgan fingerprint density at radius 2 is 2.19 bits per heavy atom. The normalized spacial score (nSPS) is 14.7. The smallest absolute Gasteiger partial charge is 0.227 e. The first-order chi connectivity index (χ1) is 13.2. The second-order valence-electron chi connectivity index (χ2n) is 6.64. The Kier molecular flexibility index (Phi) is 3.64. The lowest BCUT2D eigenvalue weighted by atomic mass is 10.1. The van der Waals surface area contributed by atoms with Gasteiger partial charge in [0.05, 0.1) is 25.1 Å². The van der Waals surface area contributed by atoms with E-state index >= 15 is 0 Å². The van der Waals surface area contributed by atoms with Crippen molar-refractivity contribution in [2.45, 2.75) is 13.3 Å². The van der Waals surface area contributed by atoms with Crippen molar-refractivity contribution in [3.63, 3.8) is 0 Å². The van der Waals surface area contributed by atoms with Crippen LogP contribution in [-0.2, 0) is 11.8 Å². The van der Waals surface area contributed by atoms with Crippen molar-refractivity contribution < 1.29 is 4.74 Å². The van der Waals surface area contributed by atoms with Crippen molar-refractivity contribution in [2.24, 2.45) is 7.05 Å². The zero-order valence-electron chi connectivity index (χ0n) is 15.2. The molecule has 8 nitrogen and oxygen atoms in total. The third kappa shape index (κ3) is 2.74. The monoisotopic (exact) mass is 361 g/mol. The van der Waals surface area contributed by atoms with Gasteiger partial charge in [-0.3, -0.25) is 4.68 Å². The minimum absolute atomic E-state index is 0.548. The topological polar surface area (TPSA) is 82.2 Å². The third-order valence-corrected chi connectivity index (χ3v) is 4.84. The van der Waals surface area contributed by atoms with Gasteiger partial charge < -0.3 is 14.5 Å². The van der Waals surface area contributed by atoms with Gasteiger partial charge in [-0.2, -0.15) is 5.10 Å². The van der Waals surface area contributed by atoms with Crippen LogP contribution in [0.2, 0.25) is 0 Å². The summed E-state index contributed by atoms with van der Waals surface area (Å²) in [4.78, 5) is 13.6. The Labute approximate surface area is 155 Å². The highest BCUT2D eigenvalue weighted by Crippen LogP contribution is 2.28. The molecule has 0 aliphatic carbocycles. The van der Waals surface area contributed by atoms with Gasteiger partial charge in [0.1, 0.15) is 22.4 Å². The molecule has 4 aromatic rings. The van der Waals surface area contributed by atoms with E-state index in [1.807, 2.05) is 47.7 Å². The van der Waals surface area contributed by atoms with Gasteiger partial charge in [-0.1, -0.05) is 6.08 Å². The Bertz CT molecular complexity index is 1190. The summed E-state index contributed by atoms with van der Waals surface area (Å²) in [5.41, 5.74) is 6.77. The molecule has 0 radical (unpaired) electrons. The van der Waals surface area contributed by atoms with Crippen LogP contribution in [0.3, 0.4) is 0 Å². The summed E-state index contributed by atoms with van der Waals surface area (Å²) in [5, 5.41) is 8.00. The maximum atomic E-state index is 5.42. The predicted octanol–water partition coefficient (Wildman–Crippen LogP) is 2.87. The molecule has 0 spiro atoms. The van der Waals surface area contributed by atoms with Crippen molar-refractivity contribution in [3.8, 4) is 0 Å².